The van der Waals surface area contributed by atoms with Crippen LogP contribution in [0.5, 0.6) is 11.5 Å². The van der Waals surface area contributed by atoms with Crippen molar-refractivity contribution in [3.05, 3.63) is 53.8 Å². The van der Waals surface area contributed by atoms with Crippen molar-refractivity contribution >= 4 is 29.3 Å². The molecule has 0 bridgehead atoms. The largest absolute Gasteiger partial charge is 0.497 e. The zero-order valence-corrected chi connectivity index (χ0v) is 18.7. The SMILES string of the molecule is COc1ccc(OC)c(CN(C(=O)C(C)SCC(=O)Nc2ccc(F)cc2)C2CC2)c1. The van der Waals surface area contributed by atoms with Gasteiger partial charge in [-0.3, -0.25) is 9.59 Å². The second-order valence-electron chi connectivity index (χ2n) is 7.38. The van der Waals surface area contributed by atoms with Crippen LogP contribution < -0.4 is 14.8 Å². The number of halogens is 1. The molecule has 0 aliphatic heterocycles. The van der Waals surface area contributed by atoms with Crippen LogP contribution in [0.1, 0.15) is 25.3 Å². The van der Waals surface area contributed by atoms with E-state index < -0.39 is 0 Å². The standard InChI is InChI=1S/C23H27FN2O4S/c1-15(31-14-22(27)25-18-6-4-17(24)5-7-18)23(28)26(19-8-9-19)13-16-12-20(29-2)10-11-21(16)30-3/h4-7,10-12,15,19H,8-9,13-14H2,1-3H3,(H,25,27). The third-order valence-electron chi connectivity index (χ3n) is 5.04. The summed E-state index contributed by atoms with van der Waals surface area (Å²) in [6.07, 6.45) is 1.95. The third kappa shape index (κ3) is 6.37. The lowest BCUT2D eigenvalue weighted by atomic mass is 10.1. The van der Waals surface area contributed by atoms with E-state index in [1.165, 1.54) is 36.0 Å². The van der Waals surface area contributed by atoms with Gasteiger partial charge in [0.1, 0.15) is 17.3 Å². The average Bonchev–Trinajstić information content (AvgIpc) is 3.62. The maximum absolute atomic E-state index is 13.2. The average molecular weight is 447 g/mol. The quantitative estimate of drug-likeness (QED) is 0.595. The summed E-state index contributed by atoms with van der Waals surface area (Å²) in [6, 6.07) is 11.3. The Morgan fingerprint density at radius 2 is 1.87 bits per heavy atom. The Bertz CT molecular complexity index is 918. The molecule has 6 nitrogen and oxygen atoms in total. The van der Waals surface area contributed by atoms with Crippen LogP contribution in [0.3, 0.4) is 0 Å². The molecule has 1 unspecified atom stereocenters. The number of thioether (sulfide) groups is 1. The van der Waals surface area contributed by atoms with Gasteiger partial charge in [-0.05, 0) is 62.2 Å². The molecule has 1 saturated carbocycles. The van der Waals surface area contributed by atoms with Crippen molar-refractivity contribution in [1.82, 2.24) is 4.90 Å². The topological polar surface area (TPSA) is 67.9 Å². The summed E-state index contributed by atoms with van der Waals surface area (Å²) in [6.45, 7) is 2.24. The lowest BCUT2D eigenvalue weighted by molar-refractivity contribution is -0.131. The number of rotatable bonds is 10. The number of hydrogen-bond acceptors (Lipinski definition) is 5. The van der Waals surface area contributed by atoms with Crippen LogP contribution in [0.15, 0.2) is 42.5 Å². The van der Waals surface area contributed by atoms with Gasteiger partial charge in [0, 0.05) is 23.8 Å². The Morgan fingerprint density at radius 1 is 1.16 bits per heavy atom. The number of carbonyl (C=O) groups excluding carboxylic acids is 2. The van der Waals surface area contributed by atoms with E-state index >= 15 is 0 Å². The summed E-state index contributed by atoms with van der Waals surface area (Å²) in [4.78, 5) is 27.2. The summed E-state index contributed by atoms with van der Waals surface area (Å²) >= 11 is 1.28. The number of ether oxygens (including phenoxy) is 2. The summed E-state index contributed by atoms with van der Waals surface area (Å²) in [5.74, 6) is 0.942. The first-order valence-electron chi connectivity index (χ1n) is 10.1. The van der Waals surface area contributed by atoms with Gasteiger partial charge in [-0.25, -0.2) is 4.39 Å². The van der Waals surface area contributed by atoms with E-state index in [0.29, 0.717) is 23.7 Å². The maximum atomic E-state index is 13.2. The number of hydrogen-bond donors (Lipinski definition) is 1. The second kappa shape index (κ2) is 10.5. The van der Waals surface area contributed by atoms with Gasteiger partial charge in [0.15, 0.2) is 0 Å². The zero-order chi connectivity index (χ0) is 22.4. The molecule has 3 rings (SSSR count). The molecule has 2 amide bonds. The molecular weight excluding hydrogens is 419 g/mol. The molecule has 1 N–H and O–H groups in total. The monoisotopic (exact) mass is 446 g/mol. The highest BCUT2D eigenvalue weighted by Gasteiger charge is 2.35. The minimum Gasteiger partial charge on any atom is -0.497 e. The Kier molecular flexibility index (Phi) is 7.79. The van der Waals surface area contributed by atoms with E-state index in [0.717, 1.165) is 18.4 Å². The molecule has 0 aromatic heterocycles. The molecule has 1 aliphatic rings. The first kappa shape index (κ1) is 22.9. The molecule has 0 spiro atoms. The molecule has 8 heteroatoms. The molecule has 1 fully saturated rings. The summed E-state index contributed by atoms with van der Waals surface area (Å²) in [5.41, 5.74) is 1.41. The van der Waals surface area contributed by atoms with E-state index in [1.807, 2.05) is 30.0 Å². The first-order chi connectivity index (χ1) is 14.9. The van der Waals surface area contributed by atoms with Crippen molar-refractivity contribution in [2.75, 3.05) is 25.3 Å². The summed E-state index contributed by atoms with van der Waals surface area (Å²) in [7, 11) is 3.21. The predicted octanol–water partition coefficient (Wildman–Crippen LogP) is 4.09. The number of nitrogens with zero attached hydrogens (tertiary/aromatic N) is 1. The van der Waals surface area contributed by atoms with E-state index in [9.17, 15) is 14.0 Å². The van der Waals surface area contributed by atoms with Gasteiger partial charge in [-0.1, -0.05) is 0 Å². The molecule has 2 aromatic rings. The number of anilines is 1. The fourth-order valence-electron chi connectivity index (χ4n) is 3.20. The first-order valence-corrected chi connectivity index (χ1v) is 11.1. The van der Waals surface area contributed by atoms with Crippen molar-refractivity contribution in [2.24, 2.45) is 0 Å². The van der Waals surface area contributed by atoms with Crippen LogP contribution in [0, 0.1) is 5.82 Å². The number of benzene rings is 2. The molecule has 1 atom stereocenters. The molecule has 0 saturated heterocycles. The number of amides is 2. The highest BCUT2D eigenvalue weighted by molar-refractivity contribution is 8.01. The van der Waals surface area contributed by atoms with E-state index in [1.54, 1.807) is 14.2 Å². The van der Waals surface area contributed by atoms with Gasteiger partial charge in [-0.2, -0.15) is 0 Å². The van der Waals surface area contributed by atoms with Crippen LogP contribution in [0.25, 0.3) is 0 Å². The van der Waals surface area contributed by atoms with E-state index in [-0.39, 0.29) is 34.7 Å². The summed E-state index contributed by atoms with van der Waals surface area (Å²) in [5, 5.41) is 2.34. The molecule has 2 aromatic carbocycles. The van der Waals surface area contributed by atoms with E-state index in [4.69, 9.17) is 9.47 Å². The Labute approximate surface area is 186 Å². The zero-order valence-electron chi connectivity index (χ0n) is 17.9. The fraction of sp³-hybridized carbons (Fsp3) is 0.391. The normalized spacial score (nSPS) is 13.9. The maximum Gasteiger partial charge on any atom is 0.235 e. The van der Waals surface area contributed by atoms with Crippen LogP contribution in [0.2, 0.25) is 0 Å². The van der Waals surface area contributed by atoms with Gasteiger partial charge < -0.3 is 19.7 Å². The Hall–Kier alpha value is -2.74. The highest BCUT2D eigenvalue weighted by atomic mass is 32.2. The van der Waals surface area contributed by atoms with Crippen molar-refractivity contribution < 1.29 is 23.5 Å². The molecule has 31 heavy (non-hydrogen) atoms. The van der Waals surface area contributed by atoms with Gasteiger partial charge in [0.2, 0.25) is 11.8 Å². The van der Waals surface area contributed by atoms with E-state index in [2.05, 4.69) is 5.32 Å². The van der Waals surface area contributed by atoms with Gasteiger partial charge in [0.25, 0.3) is 0 Å². The Morgan fingerprint density at radius 3 is 2.48 bits per heavy atom. The van der Waals surface area contributed by atoms with Crippen LogP contribution >= 0.6 is 11.8 Å². The smallest absolute Gasteiger partial charge is 0.235 e. The second-order valence-corrected chi connectivity index (χ2v) is 8.71. The summed E-state index contributed by atoms with van der Waals surface area (Å²) < 4.78 is 23.8. The van der Waals surface area contributed by atoms with Gasteiger partial charge >= 0.3 is 0 Å². The molecule has 1 aliphatic carbocycles. The lowest BCUT2D eigenvalue weighted by Gasteiger charge is -2.26. The van der Waals surface area contributed by atoms with Crippen molar-refractivity contribution in [3.63, 3.8) is 0 Å². The predicted molar refractivity (Wildman–Crippen MR) is 120 cm³/mol. The molecular formula is C23H27FN2O4S. The minimum absolute atomic E-state index is 0.00745. The molecule has 0 radical (unpaired) electrons. The number of methoxy groups -OCH3 is 2. The minimum atomic E-state index is -0.379. The highest BCUT2D eigenvalue weighted by Crippen LogP contribution is 2.33. The van der Waals surface area contributed by atoms with Crippen LogP contribution in [-0.2, 0) is 16.1 Å². The Balaban J connectivity index is 1.59. The third-order valence-corrected chi connectivity index (χ3v) is 6.17. The van der Waals surface area contributed by atoms with Gasteiger partial charge in [-0.15, -0.1) is 11.8 Å². The number of carbonyl (C=O) groups is 2. The molecule has 166 valence electrons. The fourth-order valence-corrected chi connectivity index (χ4v) is 3.95. The van der Waals surface area contributed by atoms with Crippen molar-refractivity contribution in [1.29, 1.82) is 0 Å². The van der Waals surface area contributed by atoms with Crippen LogP contribution in [0.4, 0.5) is 10.1 Å². The van der Waals surface area contributed by atoms with Gasteiger partial charge in [0.05, 0.1) is 25.2 Å². The van der Waals surface area contributed by atoms with Crippen molar-refractivity contribution in [3.8, 4) is 11.5 Å². The number of nitrogens with one attached hydrogen (secondary N) is 1. The van der Waals surface area contributed by atoms with Crippen LogP contribution in [-0.4, -0.2) is 48.0 Å². The van der Waals surface area contributed by atoms with Crippen molar-refractivity contribution in [2.45, 2.75) is 37.6 Å². The lowest BCUT2D eigenvalue weighted by Crippen LogP contribution is -2.38. The molecule has 0 heterocycles.